The maximum absolute atomic E-state index is 14.0. The highest BCUT2D eigenvalue weighted by atomic mass is 19.1. The number of carbonyl (C=O) groups is 1. The first kappa shape index (κ1) is 13.4. The molecule has 1 aliphatic heterocycles. The minimum absolute atomic E-state index is 0.271. The highest BCUT2D eigenvalue weighted by molar-refractivity contribution is 6.11. The molecule has 0 saturated heterocycles. The molecule has 0 aliphatic carbocycles. The fourth-order valence-corrected chi connectivity index (χ4v) is 2.17. The zero-order valence-electron chi connectivity index (χ0n) is 11.1. The molecule has 0 aromatic heterocycles. The van der Waals surface area contributed by atoms with E-state index in [0.29, 0.717) is 22.6 Å². The van der Waals surface area contributed by atoms with Crippen molar-refractivity contribution < 1.29 is 13.9 Å². The summed E-state index contributed by atoms with van der Waals surface area (Å²) >= 11 is 0. The second kappa shape index (κ2) is 5.30. The predicted molar refractivity (Wildman–Crippen MR) is 71.1 cm³/mol. The zero-order valence-corrected chi connectivity index (χ0v) is 11.1. The van der Waals surface area contributed by atoms with E-state index in [1.54, 1.807) is 32.9 Å². The van der Waals surface area contributed by atoms with Gasteiger partial charge in [-0.1, -0.05) is 12.1 Å². The highest BCUT2D eigenvalue weighted by Crippen LogP contribution is 2.28. The molecule has 1 aromatic rings. The summed E-state index contributed by atoms with van der Waals surface area (Å²) in [6.07, 6.45) is 0. The lowest BCUT2D eigenvalue weighted by Gasteiger charge is -2.16. The van der Waals surface area contributed by atoms with Gasteiger partial charge in [-0.05, 0) is 32.4 Å². The third-order valence-electron chi connectivity index (χ3n) is 3.02. The smallest absolute Gasteiger partial charge is 0.319 e. The Kier molecular flexibility index (Phi) is 3.74. The van der Waals surface area contributed by atoms with Crippen molar-refractivity contribution in [2.75, 3.05) is 6.61 Å². The molecule has 0 saturated carbocycles. The van der Waals surface area contributed by atoms with Crippen LogP contribution in [0, 0.1) is 5.82 Å². The Morgan fingerprint density at radius 3 is 2.79 bits per heavy atom. The van der Waals surface area contributed by atoms with Crippen LogP contribution in [0.2, 0.25) is 0 Å². The first-order valence-electron chi connectivity index (χ1n) is 6.10. The van der Waals surface area contributed by atoms with Gasteiger partial charge in [0.25, 0.3) is 0 Å². The predicted octanol–water partition coefficient (Wildman–Crippen LogP) is 2.67. The van der Waals surface area contributed by atoms with Crippen LogP contribution in [0.15, 0.2) is 28.4 Å². The standard InChI is InChI=1S/C14H15FN2O2/c1-4-19-14(18)13-9(3)17-16-8(2)12-10(13)6-5-7-11(12)15/h5-7,13H,4H2,1-3H3. The maximum atomic E-state index is 14.0. The van der Waals surface area contributed by atoms with Crippen LogP contribution in [0.3, 0.4) is 0 Å². The van der Waals surface area contributed by atoms with Gasteiger partial charge in [0.15, 0.2) is 0 Å². The molecule has 0 bridgehead atoms. The van der Waals surface area contributed by atoms with Crippen molar-refractivity contribution in [2.45, 2.75) is 26.7 Å². The molecule has 1 aromatic carbocycles. The fraction of sp³-hybridized carbons (Fsp3) is 0.357. The van der Waals surface area contributed by atoms with E-state index in [4.69, 9.17) is 4.74 Å². The Bertz CT molecular complexity index is 579. The summed E-state index contributed by atoms with van der Waals surface area (Å²) in [5, 5.41) is 7.94. The first-order valence-corrected chi connectivity index (χ1v) is 6.10. The Morgan fingerprint density at radius 1 is 1.37 bits per heavy atom. The number of fused-ring (bicyclic) bond motifs is 1. The molecule has 100 valence electrons. The number of hydrogen-bond donors (Lipinski definition) is 0. The average Bonchev–Trinajstić information content (AvgIpc) is 2.48. The summed E-state index contributed by atoms with van der Waals surface area (Å²) in [6, 6.07) is 4.64. The molecule has 1 atom stereocenters. The summed E-state index contributed by atoms with van der Waals surface area (Å²) in [5.41, 5.74) is 1.85. The van der Waals surface area contributed by atoms with E-state index >= 15 is 0 Å². The van der Waals surface area contributed by atoms with E-state index in [9.17, 15) is 9.18 Å². The van der Waals surface area contributed by atoms with Crippen LogP contribution < -0.4 is 0 Å². The van der Waals surface area contributed by atoms with Crippen LogP contribution >= 0.6 is 0 Å². The molecule has 1 heterocycles. The van der Waals surface area contributed by atoms with Crippen LogP contribution in [-0.4, -0.2) is 24.0 Å². The quantitative estimate of drug-likeness (QED) is 0.769. The van der Waals surface area contributed by atoms with Crippen molar-refractivity contribution in [1.82, 2.24) is 0 Å². The molecule has 0 spiro atoms. The average molecular weight is 262 g/mol. The zero-order chi connectivity index (χ0) is 14.0. The molecule has 1 aliphatic rings. The van der Waals surface area contributed by atoms with Gasteiger partial charge in [0.2, 0.25) is 0 Å². The summed E-state index contributed by atoms with van der Waals surface area (Å²) < 4.78 is 19.0. The monoisotopic (exact) mass is 262 g/mol. The van der Waals surface area contributed by atoms with Gasteiger partial charge in [-0.25, -0.2) is 4.39 Å². The van der Waals surface area contributed by atoms with E-state index in [1.165, 1.54) is 6.07 Å². The van der Waals surface area contributed by atoms with Crippen molar-refractivity contribution in [1.29, 1.82) is 0 Å². The normalized spacial score (nSPS) is 18.0. The molecule has 0 radical (unpaired) electrons. The summed E-state index contributed by atoms with van der Waals surface area (Å²) in [5.74, 6) is -1.54. The number of carbonyl (C=O) groups excluding carboxylic acids is 1. The third-order valence-corrected chi connectivity index (χ3v) is 3.02. The van der Waals surface area contributed by atoms with Crippen LogP contribution in [-0.2, 0) is 9.53 Å². The van der Waals surface area contributed by atoms with Gasteiger partial charge in [0.05, 0.1) is 18.0 Å². The lowest BCUT2D eigenvalue weighted by Crippen LogP contribution is -2.23. The van der Waals surface area contributed by atoms with Gasteiger partial charge < -0.3 is 4.74 Å². The van der Waals surface area contributed by atoms with E-state index < -0.39 is 17.7 Å². The third kappa shape index (κ3) is 2.41. The van der Waals surface area contributed by atoms with Gasteiger partial charge in [-0.2, -0.15) is 10.2 Å². The second-order valence-corrected chi connectivity index (χ2v) is 4.32. The SMILES string of the molecule is CCOC(=O)C1C(C)=NN=C(C)c2c(F)cccc21. The molecule has 0 N–H and O–H groups in total. The Balaban J connectivity index is 2.61. The van der Waals surface area contributed by atoms with Crippen LogP contribution in [0.25, 0.3) is 0 Å². The van der Waals surface area contributed by atoms with Gasteiger partial charge in [0, 0.05) is 5.56 Å². The molecule has 4 nitrogen and oxygen atoms in total. The number of halogens is 1. The minimum atomic E-state index is -0.702. The first-order chi connectivity index (χ1) is 9.06. The largest absolute Gasteiger partial charge is 0.465 e. The minimum Gasteiger partial charge on any atom is -0.465 e. The van der Waals surface area contributed by atoms with Gasteiger partial charge in [-0.15, -0.1) is 0 Å². The van der Waals surface area contributed by atoms with Crippen LogP contribution in [0.1, 0.15) is 37.8 Å². The van der Waals surface area contributed by atoms with E-state index in [-0.39, 0.29) is 6.61 Å². The van der Waals surface area contributed by atoms with Crippen molar-refractivity contribution in [3.63, 3.8) is 0 Å². The van der Waals surface area contributed by atoms with Crippen molar-refractivity contribution in [3.8, 4) is 0 Å². The van der Waals surface area contributed by atoms with Gasteiger partial charge >= 0.3 is 5.97 Å². The van der Waals surface area contributed by atoms with Crippen molar-refractivity contribution in [2.24, 2.45) is 10.2 Å². The molecule has 2 rings (SSSR count). The van der Waals surface area contributed by atoms with Crippen LogP contribution in [0.5, 0.6) is 0 Å². The Labute approximate surface area is 111 Å². The number of ether oxygens (including phenoxy) is 1. The van der Waals surface area contributed by atoms with E-state index in [1.807, 2.05) is 0 Å². The summed E-state index contributed by atoms with van der Waals surface area (Å²) in [7, 11) is 0. The maximum Gasteiger partial charge on any atom is 0.319 e. The molecule has 1 unspecified atom stereocenters. The van der Waals surface area contributed by atoms with Crippen LogP contribution in [0.4, 0.5) is 4.39 Å². The lowest BCUT2D eigenvalue weighted by atomic mass is 9.89. The Hall–Kier alpha value is -2.04. The number of esters is 1. The molecule has 0 fully saturated rings. The number of rotatable bonds is 2. The van der Waals surface area contributed by atoms with Crippen molar-refractivity contribution >= 4 is 17.4 Å². The number of hydrogen-bond acceptors (Lipinski definition) is 4. The van der Waals surface area contributed by atoms with Crippen molar-refractivity contribution in [3.05, 3.63) is 35.1 Å². The van der Waals surface area contributed by atoms with Gasteiger partial charge in [0.1, 0.15) is 11.7 Å². The highest BCUT2D eigenvalue weighted by Gasteiger charge is 2.31. The topological polar surface area (TPSA) is 51.0 Å². The summed E-state index contributed by atoms with van der Waals surface area (Å²) in [6.45, 7) is 5.37. The molecule has 19 heavy (non-hydrogen) atoms. The Morgan fingerprint density at radius 2 is 2.11 bits per heavy atom. The number of benzene rings is 1. The summed E-state index contributed by atoms with van der Waals surface area (Å²) in [4.78, 5) is 12.1. The lowest BCUT2D eigenvalue weighted by molar-refractivity contribution is -0.143. The van der Waals surface area contributed by atoms with E-state index in [0.717, 1.165) is 0 Å². The molecular formula is C14H15FN2O2. The number of nitrogens with zero attached hydrogens (tertiary/aromatic N) is 2. The molecular weight excluding hydrogens is 247 g/mol. The second-order valence-electron chi connectivity index (χ2n) is 4.32. The molecule has 0 amide bonds. The molecule has 5 heteroatoms. The van der Waals surface area contributed by atoms with Gasteiger partial charge in [-0.3, -0.25) is 4.79 Å². The van der Waals surface area contributed by atoms with E-state index in [2.05, 4.69) is 10.2 Å². The fourth-order valence-electron chi connectivity index (χ4n) is 2.17.